The minimum Gasteiger partial charge on any atom is -0.338 e. The lowest BCUT2D eigenvalue weighted by Crippen LogP contribution is -2.53. The number of hydrogen-bond donors (Lipinski definition) is 1. The van der Waals surface area contributed by atoms with Gasteiger partial charge in [-0.3, -0.25) is 14.5 Å². The van der Waals surface area contributed by atoms with Gasteiger partial charge in [0, 0.05) is 31.6 Å². The standard InChI is InChI=1S/C23H30N4O5S/c1-18-7-10-23(11-8-18)21(29)27(22(30)24-23)17-20(28)25-12-14-26(15-13-25)33(31,32)16-9-19-5-3-2-4-6-19/h2-6,9,16,18H,7-8,10-15,17H2,1H3,(H,24,30)/b16-9+. The summed E-state index contributed by atoms with van der Waals surface area (Å²) < 4.78 is 26.6. The molecule has 4 amide bonds. The molecular weight excluding hydrogens is 444 g/mol. The Labute approximate surface area is 194 Å². The second kappa shape index (κ2) is 9.26. The molecule has 2 saturated heterocycles. The van der Waals surface area contributed by atoms with Crippen molar-refractivity contribution in [2.45, 2.75) is 38.1 Å². The van der Waals surface area contributed by atoms with E-state index in [1.807, 2.05) is 30.3 Å². The molecule has 3 aliphatic rings. The third-order valence-electron chi connectivity index (χ3n) is 6.85. The number of amides is 4. The zero-order valence-corrected chi connectivity index (χ0v) is 19.6. The molecular formula is C23H30N4O5S. The van der Waals surface area contributed by atoms with Gasteiger partial charge >= 0.3 is 6.03 Å². The number of nitrogens with zero attached hydrogens (tertiary/aromatic N) is 3. The lowest BCUT2D eigenvalue weighted by atomic mass is 9.77. The number of hydrogen-bond acceptors (Lipinski definition) is 5. The lowest BCUT2D eigenvalue weighted by molar-refractivity contribution is -0.140. The van der Waals surface area contributed by atoms with Crippen molar-refractivity contribution in [1.82, 2.24) is 19.4 Å². The van der Waals surface area contributed by atoms with E-state index in [2.05, 4.69) is 12.2 Å². The lowest BCUT2D eigenvalue weighted by Gasteiger charge is -2.34. The molecule has 2 heterocycles. The molecule has 1 aromatic rings. The number of benzene rings is 1. The Morgan fingerprint density at radius 3 is 2.36 bits per heavy atom. The van der Waals surface area contributed by atoms with Gasteiger partial charge in [-0.05, 0) is 43.2 Å². The molecule has 1 spiro atoms. The summed E-state index contributed by atoms with van der Waals surface area (Å²) in [5, 5.41) is 4.00. The third kappa shape index (κ3) is 4.96. The number of imide groups is 1. The molecule has 178 valence electrons. The quantitative estimate of drug-likeness (QED) is 0.653. The first kappa shape index (κ1) is 23.4. The molecule has 0 unspecified atom stereocenters. The van der Waals surface area contributed by atoms with Crippen LogP contribution >= 0.6 is 0 Å². The van der Waals surface area contributed by atoms with Crippen molar-refractivity contribution < 1.29 is 22.8 Å². The van der Waals surface area contributed by atoms with Crippen molar-refractivity contribution in [1.29, 1.82) is 0 Å². The molecule has 1 N–H and O–H groups in total. The van der Waals surface area contributed by atoms with Crippen molar-refractivity contribution in [2.75, 3.05) is 32.7 Å². The number of carbonyl (C=O) groups is 3. The van der Waals surface area contributed by atoms with Crippen LogP contribution in [0.15, 0.2) is 35.7 Å². The Morgan fingerprint density at radius 2 is 1.73 bits per heavy atom. The summed E-state index contributed by atoms with van der Waals surface area (Å²) in [7, 11) is -3.61. The summed E-state index contributed by atoms with van der Waals surface area (Å²) in [5.74, 6) is -0.150. The van der Waals surface area contributed by atoms with Gasteiger partial charge in [-0.2, -0.15) is 4.31 Å². The molecule has 33 heavy (non-hydrogen) atoms. The van der Waals surface area contributed by atoms with Crippen LogP contribution in [0.2, 0.25) is 0 Å². The average molecular weight is 475 g/mol. The first-order valence-corrected chi connectivity index (χ1v) is 12.9. The Hall–Kier alpha value is -2.72. The van der Waals surface area contributed by atoms with Crippen LogP contribution in [0.25, 0.3) is 6.08 Å². The van der Waals surface area contributed by atoms with Crippen LogP contribution < -0.4 is 5.32 Å². The first-order chi connectivity index (χ1) is 15.7. The van der Waals surface area contributed by atoms with E-state index in [9.17, 15) is 22.8 Å². The monoisotopic (exact) mass is 474 g/mol. The predicted octanol–water partition coefficient (Wildman–Crippen LogP) is 1.63. The molecule has 9 nitrogen and oxygen atoms in total. The molecule has 0 radical (unpaired) electrons. The fourth-order valence-corrected chi connectivity index (χ4v) is 5.83. The molecule has 10 heteroatoms. The highest BCUT2D eigenvalue weighted by Gasteiger charge is 2.52. The SMILES string of the molecule is CC1CCC2(CC1)NC(=O)N(CC(=O)N1CCN(S(=O)(=O)/C=C/c3ccccc3)CC1)C2=O. The summed E-state index contributed by atoms with van der Waals surface area (Å²) in [6, 6.07) is 8.64. The molecule has 2 aliphatic heterocycles. The van der Waals surface area contributed by atoms with E-state index in [1.54, 1.807) is 6.08 Å². The largest absolute Gasteiger partial charge is 0.338 e. The van der Waals surface area contributed by atoms with E-state index in [1.165, 1.54) is 14.6 Å². The number of sulfonamides is 1. The Morgan fingerprint density at radius 1 is 1.09 bits per heavy atom. The van der Waals surface area contributed by atoms with Crippen LogP contribution in [0.4, 0.5) is 4.79 Å². The van der Waals surface area contributed by atoms with Gasteiger partial charge in [0.05, 0.1) is 0 Å². The summed E-state index contributed by atoms with van der Waals surface area (Å²) in [6.07, 6.45) is 4.46. The van der Waals surface area contributed by atoms with Gasteiger partial charge in [0.25, 0.3) is 5.91 Å². The molecule has 0 atom stereocenters. The van der Waals surface area contributed by atoms with Crippen LogP contribution in [-0.2, 0) is 19.6 Å². The van der Waals surface area contributed by atoms with Gasteiger partial charge in [0.2, 0.25) is 15.9 Å². The van der Waals surface area contributed by atoms with Gasteiger partial charge in [-0.25, -0.2) is 13.2 Å². The Bertz CT molecular complexity index is 1040. The van der Waals surface area contributed by atoms with E-state index < -0.39 is 21.6 Å². The van der Waals surface area contributed by atoms with Crippen molar-refractivity contribution >= 4 is 33.9 Å². The molecule has 0 aromatic heterocycles. The number of nitrogens with one attached hydrogen (secondary N) is 1. The van der Waals surface area contributed by atoms with Gasteiger partial charge in [0.1, 0.15) is 12.1 Å². The van der Waals surface area contributed by atoms with Crippen molar-refractivity contribution in [3.8, 4) is 0 Å². The summed E-state index contributed by atoms with van der Waals surface area (Å²) in [4.78, 5) is 40.8. The minimum absolute atomic E-state index is 0.162. The van der Waals surface area contributed by atoms with Crippen LogP contribution in [0, 0.1) is 5.92 Å². The molecule has 1 aliphatic carbocycles. The number of rotatable bonds is 5. The smallest absolute Gasteiger partial charge is 0.325 e. The van der Waals surface area contributed by atoms with Crippen molar-refractivity contribution in [3.05, 3.63) is 41.3 Å². The van der Waals surface area contributed by atoms with E-state index in [4.69, 9.17) is 0 Å². The summed E-state index contributed by atoms with van der Waals surface area (Å²) in [5.41, 5.74) is -0.0875. The summed E-state index contributed by atoms with van der Waals surface area (Å²) in [6.45, 7) is 2.56. The van der Waals surface area contributed by atoms with E-state index in [0.29, 0.717) is 18.8 Å². The predicted molar refractivity (Wildman–Crippen MR) is 123 cm³/mol. The number of carbonyl (C=O) groups excluding carboxylic acids is 3. The zero-order chi connectivity index (χ0) is 23.6. The number of piperazine rings is 1. The first-order valence-electron chi connectivity index (χ1n) is 11.4. The molecule has 1 aromatic carbocycles. The van der Waals surface area contributed by atoms with E-state index in [-0.39, 0.29) is 44.5 Å². The van der Waals surface area contributed by atoms with Gasteiger partial charge in [-0.1, -0.05) is 37.3 Å². The Kier molecular flexibility index (Phi) is 6.58. The highest BCUT2D eigenvalue weighted by atomic mass is 32.2. The summed E-state index contributed by atoms with van der Waals surface area (Å²) >= 11 is 0. The topological polar surface area (TPSA) is 107 Å². The maximum absolute atomic E-state index is 13.0. The second-order valence-corrected chi connectivity index (χ2v) is 10.9. The second-order valence-electron chi connectivity index (χ2n) is 9.12. The van der Waals surface area contributed by atoms with E-state index in [0.717, 1.165) is 23.3 Å². The molecule has 1 saturated carbocycles. The van der Waals surface area contributed by atoms with Crippen LogP contribution in [0.3, 0.4) is 0 Å². The highest BCUT2D eigenvalue weighted by Crippen LogP contribution is 2.36. The van der Waals surface area contributed by atoms with Crippen LogP contribution in [-0.4, -0.2) is 78.6 Å². The van der Waals surface area contributed by atoms with Crippen molar-refractivity contribution in [3.63, 3.8) is 0 Å². The van der Waals surface area contributed by atoms with E-state index >= 15 is 0 Å². The van der Waals surface area contributed by atoms with Crippen LogP contribution in [0.1, 0.15) is 38.2 Å². The number of urea groups is 1. The fourth-order valence-electron chi connectivity index (χ4n) is 4.66. The highest BCUT2D eigenvalue weighted by molar-refractivity contribution is 7.92. The maximum atomic E-state index is 13.0. The van der Waals surface area contributed by atoms with Gasteiger partial charge < -0.3 is 10.2 Å². The Balaban J connectivity index is 1.32. The fraction of sp³-hybridized carbons (Fsp3) is 0.522. The third-order valence-corrected chi connectivity index (χ3v) is 8.42. The molecule has 3 fully saturated rings. The molecule has 0 bridgehead atoms. The normalized spacial score (nSPS) is 26.9. The molecule has 4 rings (SSSR count). The van der Waals surface area contributed by atoms with Crippen molar-refractivity contribution in [2.24, 2.45) is 5.92 Å². The average Bonchev–Trinajstić information content (AvgIpc) is 3.04. The maximum Gasteiger partial charge on any atom is 0.325 e. The van der Waals surface area contributed by atoms with Crippen LogP contribution in [0.5, 0.6) is 0 Å². The zero-order valence-electron chi connectivity index (χ0n) is 18.8. The van der Waals surface area contributed by atoms with Gasteiger partial charge in [-0.15, -0.1) is 0 Å². The minimum atomic E-state index is -3.61. The van der Waals surface area contributed by atoms with Gasteiger partial charge in [0.15, 0.2) is 0 Å².